The number of hydrogen-bond donors (Lipinski definition) is 3. The summed E-state index contributed by atoms with van der Waals surface area (Å²) in [5.41, 5.74) is 0.163. The number of hydrogen-bond acceptors (Lipinski definition) is 8. The number of thioether (sulfide) groups is 1. The predicted octanol–water partition coefficient (Wildman–Crippen LogP) is 4.34. The van der Waals surface area contributed by atoms with Gasteiger partial charge in [0.1, 0.15) is 11.6 Å². The molecule has 3 N–H and O–H groups in total. The molecule has 1 aliphatic heterocycles. The van der Waals surface area contributed by atoms with Crippen molar-refractivity contribution in [2.75, 3.05) is 26.0 Å². The van der Waals surface area contributed by atoms with E-state index in [9.17, 15) is 24.0 Å². The minimum Gasteiger partial charge on any atom is -0.454 e. The lowest BCUT2D eigenvalue weighted by Crippen LogP contribution is -2.53. The van der Waals surface area contributed by atoms with E-state index in [0.29, 0.717) is 38.0 Å². The molecule has 0 spiro atoms. The number of ether oxygens (including phenoxy) is 2. The Balaban J connectivity index is 1.81. The van der Waals surface area contributed by atoms with Crippen LogP contribution < -0.4 is 16.0 Å². The van der Waals surface area contributed by atoms with Gasteiger partial charge in [-0.2, -0.15) is 0 Å². The Morgan fingerprint density at radius 3 is 2.21 bits per heavy atom. The van der Waals surface area contributed by atoms with Crippen molar-refractivity contribution in [1.82, 2.24) is 20.9 Å². The minimum atomic E-state index is -0.876. The monoisotopic (exact) mass is 682 g/mol. The van der Waals surface area contributed by atoms with Crippen molar-refractivity contribution in [2.24, 2.45) is 11.8 Å². The Kier molecular flexibility index (Phi) is 14.8. The van der Waals surface area contributed by atoms with Crippen molar-refractivity contribution < 1.29 is 33.4 Å². The fourth-order valence-electron chi connectivity index (χ4n) is 5.65. The number of carbonyl (C=O) groups is 5. The first-order valence-electron chi connectivity index (χ1n) is 16.5. The molecule has 262 valence electrons. The summed E-state index contributed by atoms with van der Waals surface area (Å²) in [6.45, 7) is 8.71. The van der Waals surface area contributed by atoms with E-state index < -0.39 is 60.1 Å². The Morgan fingerprint density at radius 2 is 1.60 bits per heavy atom. The lowest BCUT2D eigenvalue weighted by molar-refractivity contribution is -0.157. The second-order valence-electron chi connectivity index (χ2n) is 13.0. The van der Waals surface area contributed by atoms with Crippen LogP contribution in [0.2, 0.25) is 0 Å². The molecular formula is C36H50N4O7S. The molecule has 12 heteroatoms. The Hall–Kier alpha value is -4.06. The third kappa shape index (κ3) is 11.9. The molecule has 3 unspecified atom stereocenters. The number of carbonyl (C=O) groups excluding carboxylic acids is 5. The van der Waals surface area contributed by atoms with Crippen LogP contribution in [0.3, 0.4) is 0 Å². The highest BCUT2D eigenvalue weighted by Gasteiger charge is 2.41. The summed E-state index contributed by atoms with van der Waals surface area (Å²) >= 11 is 1.52. The van der Waals surface area contributed by atoms with Crippen LogP contribution in [0, 0.1) is 11.8 Å². The second kappa shape index (κ2) is 18.5. The molecule has 0 aliphatic carbocycles. The van der Waals surface area contributed by atoms with Gasteiger partial charge in [-0.3, -0.25) is 14.4 Å². The number of rotatable bonds is 15. The maximum Gasteiger partial charge on any atom is 0.407 e. The van der Waals surface area contributed by atoms with Crippen LogP contribution in [0.15, 0.2) is 65.6 Å². The summed E-state index contributed by atoms with van der Waals surface area (Å²) in [5, 5.41) is 8.32. The molecule has 2 aromatic carbocycles. The van der Waals surface area contributed by atoms with Gasteiger partial charge in [-0.25, -0.2) is 9.59 Å². The van der Waals surface area contributed by atoms with Crippen LogP contribution in [0.1, 0.15) is 59.4 Å². The van der Waals surface area contributed by atoms with Crippen molar-refractivity contribution in [3.8, 4) is 0 Å². The van der Waals surface area contributed by atoms with Gasteiger partial charge in [0.2, 0.25) is 11.8 Å². The SMILES string of the molecule is CCC(NC(=O)COC(=O)[C@@H]1CCCN1C(=O)C(Cc1ccccc1)C(CSc1ccccc1)NC(=O)OC(C)(C)C)[C@H](C)C(=O)NC. The molecule has 2 aromatic rings. The first-order chi connectivity index (χ1) is 22.8. The molecular weight excluding hydrogens is 632 g/mol. The number of benzene rings is 2. The number of nitrogens with one attached hydrogen (secondary N) is 3. The molecule has 0 saturated carbocycles. The van der Waals surface area contributed by atoms with Gasteiger partial charge >= 0.3 is 12.1 Å². The third-order valence-electron chi connectivity index (χ3n) is 8.18. The van der Waals surface area contributed by atoms with Gasteiger partial charge < -0.3 is 30.3 Å². The summed E-state index contributed by atoms with van der Waals surface area (Å²) < 4.78 is 11.0. The van der Waals surface area contributed by atoms with Crippen LogP contribution in [-0.4, -0.2) is 84.4 Å². The summed E-state index contributed by atoms with van der Waals surface area (Å²) in [6.07, 6.45) is 1.17. The van der Waals surface area contributed by atoms with Crippen molar-refractivity contribution in [3.05, 3.63) is 66.2 Å². The van der Waals surface area contributed by atoms with Gasteiger partial charge in [0.15, 0.2) is 6.61 Å². The summed E-state index contributed by atoms with van der Waals surface area (Å²) in [4.78, 5) is 68.2. The van der Waals surface area contributed by atoms with Gasteiger partial charge in [-0.1, -0.05) is 62.4 Å². The smallest absolute Gasteiger partial charge is 0.407 e. The first-order valence-corrected chi connectivity index (χ1v) is 17.5. The van der Waals surface area contributed by atoms with Gasteiger partial charge in [0, 0.05) is 30.3 Å². The standard InChI is InChI=1S/C36H50N4O7S/c1-7-28(24(2)32(42)37-6)38-31(41)22-46-34(44)30-19-14-20-40(30)33(43)27(21-25-15-10-8-11-16-25)29(39-35(45)47-36(3,4)5)23-48-26-17-12-9-13-18-26/h8-13,15-18,24,27-30H,7,14,19-23H2,1-6H3,(H,37,42)(H,38,41)(H,39,45)/t24-,27?,28?,29?,30-/m0/s1. The fourth-order valence-corrected chi connectivity index (χ4v) is 6.69. The zero-order chi connectivity index (χ0) is 35.3. The Morgan fingerprint density at radius 1 is 0.958 bits per heavy atom. The van der Waals surface area contributed by atoms with Crippen molar-refractivity contribution in [1.29, 1.82) is 0 Å². The number of alkyl carbamates (subject to hydrolysis) is 1. The van der Waals surface area contributed by atoms with Crippen LogP contribution in [0.4, 0.5) is 4.79 Å². The van der Waals surface area contributed by atoms with Crippen LogP contribution in [-0.2, 0) is 35.1 Å². The molecule has 1 fully saturated rings. The zero-order valence-electron chi connectivity index (χ0n) is 28.8. The molecule has 11 nitrogen and oxygen atoms in total. The van der Waals surface area contributed by atoms with E-state index in [1.165, 1.54) is 23.7 Å². The summed E-state index contributed by atoms with van der Waals surface area (Å²) in [7, 11) is 1.53. The van der Waals surface area contributed by atoms with Gasteiger partial charge in [0.25, 0.3) is 5.91 Å². The van der Waals surface area contributed by atoms with E-state index in [1.807, 2.05) is 67.6 Å². The van der Waals surface area contributed by atoms with E-state index in [1.54, 1.807) is 27.7 Å². The topological polar surface area (TPSA) is 143 Å². The lowest BCUT2D eigenvalue weighted by atomic mass is 9.91. The maximum absolute atomic E-state index is 14.5. The average Bonchev–Trinajstić information content (AvgIpc) is 3.56. The van der Waals surface area contributed by atoms with Crippen molar-refractivity contribution in [3.63, 3.8) is 0 Å². The number of likely N-dealkylation sites (tertiary alicyclic amines) is 1. The molecule has 1 heterocycles. The van der Waals surface area contributed by atoms with E-state index in [-0.39, 0.29) is 11.8 Å². The van der Waals surface area contributed by atoms with Gasteiger partial charge in [0.05, 0.1) is 17.9 Å². The Labute approximate surface area is 288 Å². The molecule has 3 rings (SSSR count). The van der Waals surface area contributed by atoms with Crippen LogP contribution >= 0.6 is 11.8 Å². The van der Waals surface area contributed by atoms with E-state index in [0.717, 1.165) is 10.5 Å². The highest BCUT2D eigenvalue weighted by Crippen LogP contribution is 2.28. The molecule has 1 saturated heterocycles. The molecule has 4 amide bonds. The van der Waals surface area contributed by atoms with E-state index in [4.69, 9.17) is 9.47 Å². The first kappa shape index (κ1) is 38.4. The van der Waals surface area contributed by atoms with E-state index in [2.05, 4.69) is 16.0 Å². The van der Waals surface area contributed by atoms with Gasteiger partial charge in [-0.05, 0) is 64.2 Å². The van der Waals surface area contributed by atoms with Gasteiger partial charge in [-0.15, -0.1) is 11.8 Å². The third-order valence-corrected chi connectivity index (χ3v) is 9.31. The van der Waals surface area contributed by atoms with Crippen molar-refractivity contribution in [2.45, 2.75) is 88.9 Å². The fraction of sp³-hybridized carbons (Fsp3) is 0.528. The van der Waals surface area contributed by atoms with Crippen molar-refractivity contribution >= 4 is 41.5 Å². The average molecular weight is 683 g/mol. The summed E-state index contributed by atoms with van der Waals surface area (Å²) in [5.74, 6) is -2.51. The molecule has 1 aliphatic rings. The number of esters is 1. The minimum absolute atomic E-state index is 0.203. The quantitative estimate of drug-likeness (QED) is 0.186. The highest BCUT2D eigenvalue weighted by molar-refractivity contribution is 7.99. The Bertz CT molecular complexity index is 1370. The second-order valence-corrected chi connectivity index (χ2v) is 14.0. The van der Waals surface area contributed by atoms with E-state index >= 15 is 0 Å². The maximum atomic E-state index is 14.5. The molecule has 0 aromatic heterocycles. The zero-order valence-corrected chi connectivity index (χ0v) is 29.6. The number of amides is 4. The summed E-state index contributed by atoms with van der Waals surface area (Å²) in [6, 6.07) is 17.3. The van der Waals surface area contributed by atoms with Crippen LogP contribution in [0.25, 0.3) is 0 Å². The molecule has 0 radical (unpaired) electrons. The number of nitrogens with zero attached hydrogens (tertiary/aromatic N) is 1. The largest absolute Gasteiger partial charge is 0.454 e. The molecule has 0 bridgehead atoms. The molecule has 48 heavy (non-hydrogen) atoms. The van der Waals surface area contributed by atoms with Crippen LogP contribution in [0.5, 0.6) is 0 Å². The lowest BCUT2D eigenvalue weighted by Gasteiger charge is -2.33. The highest BCUT2D eigenvalue weighted by atomic mass is 32.2. The molecule has 5 atom stereocenters. The predicted molar refractivity (Wildman–Crippen MR) is 185 cm³/mol. The normalized spacial score (nSPS) is 17.0.